The lowest BCUT2D eigenvalue weighted by atomic mass is 9.89. The monoisotopic (exact) mass is 440 g/mol. The summed E-state index contributed by atoms with van der Waals surface area (Å²) >= 11 is 1.40. The van der Waals surface area contributed by atoms with Crippen LogP contribution in [0.1, 0.15) is 37.9 Å². The third-order valence-corrected chi connectivity index (χ3v) is 6.57. The highest BCUT2D eigenvalue weighted by molar-refractivity contribution is 7.99. The number of furan rings is 1. The van der Waals surface area contributed by atoms with Crippen molar-refractivity contribution in [3.8, 4) is 17.1 Å². The Balaban J connectivity index is 1.44. The Morgan fingerprint density at radius 3 is 2.71 bits per heavy atom. The molecule has 31 heavy (non-hydrogen) atoms. The Labute approximate surface area is 186 Å². The van der Waals surface area contributed by atoms with Gasteiger partial charge in [0, 0.05) is 12.1 Å². The molecule has 0 atom stereocenters. The molecule has 8 heteroatoms. The van der Waals surface area contributed by atoms with Crippen LogP contribution in [-0.2, 0) is 11.3 Å². The van der Waals surface area contributed by atoms with Crippen LogP contribution in [0, 0.1) is 5.92 Å². The number of nitrogens with one attached hydrogen (secondary N) is 1. The van der Waals surface area contributed by atoms with E-state index in [1.54, 1.807) is 13.4 Å². The zero-order chi connectivity index (χ0) is 21.5. The second-order valence-electron chi connectivity index (χ2n) is 7.80. The first-order chi connectivity index (χ1) is 15.2. The number of carbonyl (C=O) groups is 1. The van der Waals surface area contributed by atoms with Gasteiger partial charge in [-0.05, 0) is 55.2 Å². The number of carbonyl (C=O) groups excluding carboxylic acids is 1. The first kappa shape index (κ1) is 21.5. The van der Waals surface area contributed by atoms with Crippen LogP contribution in [0.4, 0.5) is 0 Å². The number of rotatable bonds is 9. The first-order valence-corrected chi connectivity index (χ1v) is 11.7. The van der Waals surface area contributed by atoms with Crippen molar-refractivity contribution in [3.05, 3.63) is 48.4 Å². The number of benzene rings is 1. The van der Waals surface area contributed by atoms with Crippen LogP contribution < -0.4 is 10.1 Å². The minimum absolute atomic E-state index is 0.0362. The van der Waals surface area contributed by atoms with Gasteiger partial charge >= 0.3 is 0 Å². The third-order valence-electron chi connectivity index (χ3n) is 5.60. The van der Waals surface area contributed by atoms with E-state index < -0.39 is 0 Å². The van der Waals surface area contributed by atoms with Crippen molar-refractivity contribution in [1.82, 2.24) is 20.1 Å². The molecule has 0 radical (unpaired) electrons. The normalized spacial score (nSPS) is 14.5. The fourth-order valence-corrected chi connectivity index (χ4v) is 4.65. The molecular weight excluding hydrogens is 412 g/mol. The molecule has 1 aliphatic rings. The Bertz CT molecular complexity index is 963. The van der Waals surface area contributed by atoms with Crippen molar-refractivity contribution in [2.45, 2.75) is 43.8 Å². The van der Waals surface area contributed by atoms with E-state index in [-0.39, 0.29) is 5.91 Å². The van der Waals surface area contributed by atoms with Crippen LogP contribution in [0.2, 0.25) is 0 Å². The maximum atomic E-state index is 12.4. The van der Waals surface area contributed by atoms with Crippen LogP contribution in [-0.4, -0.2) is 40.1 Å². The Morgan fingerprint density at radius 2 is 2.00 bits per heavy atom. The van der Waals surface area contributed by atoms with Crippen molar-refractivity contribution in [2.24, 2.45) is 5.92 Å². The van der Waals surface area contributed by atoms with Crippen LogP contribution >= 0.6 is 11.8 Å². The highest BCUT2D eigenvalue weighted by Crippen LogP contribution is 2.27. The van der Waals surface area contributed by atoms with Crippen molar-refractivity contribution < 1.29 is 13.9 Å². The van der Waals surface area contributed by atoms with E-state index in [1.807, 2.05) is 41.0 Å². The predicted octanol–water partition coefficient (Wildman–Crippen LogP) is 4.38. The second kappa shape index (κ2) is 10.5. The summed E-state index contributed by atoms with van der Waals surface area (Å²) in [5.74, 6) is 3.28. The molecule has 0 saturated heterocycles. The second-order valence-corrected chi connectivity index (χ2v) is 8.74. The highest BCUT2D eigenvalue weighted by Gasteiger charge is 2.18. The third kappa shape index (κ3) is 5.70. The minimum atomic E-state index is 0.0362. The molecule has 0 spiro atoms. The van der Waals surface area contributed by atoms with Crippen LogP contribution in [0.25, 0.3) is 11.4 Å². The average molecular weight is 441 g/mol. The lowest BCUT2D eigenvalue weighted by Crippen LogP contribution is -2.31. The quantitative estimate of drug-likeness (QED) is 0.497. The van der Waals surface area contributed by atoms with Crippen LogP contribution in [0.5, 0.6) is 5.75 Å². The smallest absolute Gasteiger partial charge is 0.230 e. The number of hydrogen-bond acceptors (Lipinski definition) is 6. The molecule has 0 unspecified atom stereocenters. The number of methoxy groups -OCH3 is 1. The summed E-state index contributed by atoms with van der Waals surface area (Å²) in [7, 11) is 1.64. The van der Waals surface area contributed by atoms with Gasteiger partial charge in [0.1, 0.15) is 11.5 Å². The number of hydrogen-bond donors (Lipinski definition) is 1. The molecule has 1 fully saturated rings. The van der Waals surface area contributed by atoms with E-state index in [2.05, 4.69) is 15.5 Å². The van der Waals surface area contributed by atoms with Gasteiger partial charge < -0.3 is 14.5 Å². The van der Waals surface area contributed by atoms with Crippen molar-refractivity contribution in [2.75, 3.05) is 19.4 Å². The molecule has 1 aliphatic carbocycles. The number of nitrogens with zero attached hydrogens (tertiary/aromatic N) is 3. The van der Waals surface area contributed by atoms with Crippen LogP contribution in [0.3, 0.4) is 0 Å². The van der Waals surface area contributed by atoms with Gasteiger partial charge in [0.25, 0.3) is 0 Å². The van der Waals surface area contributed by atoms with Gasteiger partial charge in [0.2, 0.25) is 5.91 Å². The molecule has 2 heterocycles. The van der Waals surface area contributed by atoms with Crippen molar-refractivity contribution in [3.63, 3.8) is 0 Å². The average Bonchev–Trinajstić information content (AvgIpc) is 3.47. The van der Waals surface area contributed by atoms with Gasteiger partial charge in [-0.15, -0.1) is 10.2 Å². The zero-order valence-corrected chi connectivity index (χ0v) is 18.6. The molecule has 0 aliphatic heterocycles. The molecule has 0 bridgehead atoms. The Hall–Kier alpha value is -2.74. The summed E-state index contributed by atoms with van der Waals surface area (Å²) in [5.41, 5.74) is 0.924. The molecule has 3 aromatic rings. The van der Waals surface area contributed by atoms with Crippen molar-refractivity contribution in [1.29, 1.82) is 0 Å². The Kier molecular flexibility index (Phi) is 7.30. The fourth-order valence-electron chi connectivity index (χ4n) is 3.88. The Morgan fingerprint density at radius 1 is 1.19 bits per heavy atom. The van der Waals surface area contributed by atoms with Gasteiger partial charge in [0.05, 0.1) is 25.7 Å². The first-order valence-electron chi connectivity index (χ1n) is 10.7. The standard InChI is InChI=1S/C23H28N4O3S/c1-29-19-11-9-18(10-12-19)22-25-26-23(27(22)15-20-8-5-13-30-20)31-16-21(28)24-14-17-6-3-2-4-7-17/h5,8-13,17H,2-4,6-7,14-16H2,1H3,(H,24,28). The molecule has 164 valence electrons. The largest absolute Gasteiger partial charge is 0.497 e. The molecule has 1 saturated carbocycles. The lowest BCUT2D eigenvalue weighted by molar-refractivity contribution is -0.118. The molecule has 1 aromatic carbocycles. The van der Waals surface area contributed by atoms with Crippen LogP contribution in [0.15, 0.2) is 52.2 Å². The van der Waals surface area contributed by atoms with E-state index >= 15 is 0 Å². The van der Waals surface area contributed by atoms with Gasteiger partial charge in [-0.3, -0.25) is 9.36 Å². The molecule has 2 aromatic heterocycles. The van der Waals surface area contributed by atoms with E-state index in [0.29, 0.717) is 23.4 Å². The summed E-state index contributed by atoms with van der Waals surface area (Å²) in [5, 5.41) is 12.5. The van der Waals surface area contributed by atoms with E-state index in [4.69, 9.17) is 9.15 Å². The highest BCUT2D eigenvalue weighted by atomic mass is 32.2. The molecule has 7 nitrogen and oxygen atoms in total. The van der Waals surface area contributed by atoms with Crippen molar-refractivity contribution >= 4 is 17.7 Å². The van der Waals surface area contributed by atoms with Gasteiger partial charge in [-0.1, -0.05) is 31.0 Å². The molecule has 1 N–H and O–H groups in total. The summed E-state index contributed by atoms with van der Waals surface area (Å²) < 4.78 is 12.8. The van der Waals surface area contributed by atoms with Gasteiger partial charge in [-0.2, -0.15) is 0 Å². The minimum Gasteiger partial charge on any atom is -0.497 e. The summed E-state index contributed by atoms with van der Waals surface area (Å²) in [4.78, 5) is 12.4. The lowest BCUT2D eigenvalue weighted by Gasteiger charge is -2.21. The maximum Gasteiger partial charge on any atom is 0.230 e. The summed E-state index contributed by atoms with van der Waals surface area (Å²) in [6.07, 6.45) is 7.96. The van der Waals surface area contributed by atoms with E-state index in [0.717, 1.165) is 29.4 Å². The SMILES string of the molecule is COc1ccc(-c2nnc(SCC(=O)NCC3CCCCC3)n2Cc2ccco2)cc1. The van der Waals surface area contributed by atoms with E-state index in [9.17, 15) is 4.79 Å². The fraction of sp³-hybridized carbons (Fsp3) is 0.435. The number of ether oxygens (including phenoxy) is 1. The zero-order valence-electron chi connectivity index (χ0n) is 17.8. The van der Waals surface area contributed by atoms with Gasteiger partial charge in [-0.25, -0.2) is 0 Å². The van der Waals surface area contributed by atoms with Gasteiger partial charge in [0.15, 0.2) is 11.0 Å². The summed E-state index contributed by atoms with van der Waals surface area (Å²) in [6.45, 7) is 1.27. The summed E-state index contributed by atoms with van der Waals surface area (Å²) in [6, 6.07) is 11.5. The maximum absolute atomic E-state index is 12.4. The molecule has 4 rings (SSSR count). The number of aromatic nitrogens is 3. The number of thioether (sulfide) groups is 1. The number of amides is 1. The molecule has 1 amide bonds. The molecular formula is C23H28N4O3S. The predicted molar refractivity (Wildman–Crippen MR) is 120 cm³/mol. The topological polar surface area (TPSA) is 82.2 Å². The van der Waals surface area contributed by atoms with E-state index in [1.165, 1.54) is 43.9 Å².